The van der Waals surface area contributed by atoms with Gasteiger partial charge in [-0.05, 0) is 91.0 Å². The molecule has 0 bridgehead atoms. The van der Waals surface area contributed by atoms with Crippen molar-refractivity contribution in [3.8, 4) is 11.6 Å². The second-order valence-electron chi connectivity index (χ2n) is 13.6. The molecule has 46 heavy (non-hydrogen) atoms. The van der Waals surface area contributed by atoms with Crippen LogP contribution in [-0.2, 0) is 4.79 Å². The van der Waals surface area contributed by atoms with Crippen LogP contribution >= 0.6 is 11.8 Å². The Kier molecular flexibility index (Phi) is 10.8. The van der Waals surface area contributed by atoms with Crippen LogP contribution in [0.15, 0.2) is 59.8 Å². The highest BCUT2D eigenvalue weighted by atomic mass is 32.2. The largest absolute Gasteiger partial charge is 0.497 e. The van der Waals surface area contributed by atoms with E-state index in [4.69, 9.17) is 14.5 Å². The molecule has 5 rings (SSSR count). The smallest absolute Gasteiger partial charge is 0.303 e. The van der Waals surface area contributed by atoms with Crippen molar-refractivity contribution in [1.82, 2.24) is 9.97 Å². The number of carboxylic acid groups (broad SMARTS) is 1. The van der Waals surface area contributed by atoms with E-state index in [1.807, 2.05) is 54.8 Å². The summed E-state index contributed by atoms with van der Waals surface area (Å²) in [7, 11) is 1.64. The van der Waals surface area contributed by atoms with Gasteiger partial charge < -0.3 is 19.5 Å². The van der Waals surface area contributed by atoms with Gasteiger partial charge in [-0.3, -0.25) is 14.5 Å². The number of carboxylic acids is 1. The van der Waals surface area contributed by atoms with Gasteiger partial charge in [0.15, 0.2) is 0 Å². The lowest BCUT2D eigenvalue weighted by atomic mass is 9.92. The van der Waals surface area contributed by atoms with Gasteiger partial charge in [0, 0.05) is 38.0 Å². The normalized spacial score (nSPS) is 16.2. The number of anilines is 2. The monoisotopic (exact) mass is 646 g/mol. The van der Waals surface area contributed by atoms with Crippen LogP contribution in [-0.4, -0.2) is 66.6 Å². The number of pyridine rings is 2. The minimum atomic E-state index is -0.771. The predicted octanol–water partition coefficient (Wildman–Crippen LogP) is 7.16. The Balaban J connectivity index is 1.28. The number of benzene rings is 1. The van der Waals surface area contributed by atoms with Gasteiger partial charge in [-0.2, -0.15) is 0 Å². The number of aromatic nitrogens is 2. The summed E-state index contributed by atoms with van der Waals surface area (Å²) in [6.45, 7) is 8.99. The number of carbonyl (C=O) groups is 2. The molecule has 10 heteroatoms. The minimum absolute atomic E-state index is 0.00966. The minimum Gasteiger partial charge on any atom is -0.497 e. The van der Waals surface area contributed by atoms with Crippen LogP contribution in [0.3, 0.4) is 0 Å². The molecule has 1 amide bonds. The van der Waals surface area contributed by atoms with Crippen molar-refractivity contribution in [3.05, 3.63) is 65.9 Å². The molecule has 246 valence electrons. The van der Waals surface area contributed by atoms with Crippen LogP contribution in [0, 0.1) is 17.3 Å². The topological polar surface area (TPSA) is 105 Å². The number of methoxy groups -OCH3 is 1. The van der Waals surface area contributed by atoms with Crippen LogP contribution in [0.2, 0.25) is 0 Å². The summed E-state index contributed by atoms with van der Waals surface area (Å²) in [5.41, 5.74) is 2.35. The van der Waals surface area contributed by atoms with Crippen LogP contribution in [0.25, 0.3) is 0 Å². The van der Waals surface area contributed by atoms with Gasteiger partial charge in [-0.15, -0.1) is 11.8 Å². The number of hydrogen-bond donors (Lipinski definition) is 1. The van der Waals surface area contributed by atoms with E-state index in [2.05, 4.69) is 30.7 Å². The van der Waals surface area contributed by atoms with Crippen molar-refractivity contribution >= 4 is 35.1 Å². The number of aliphatic carboxylic acids is 1. The maximum Gasteiger partial charge on any atom is 0.303 e. The van der Waals surface area contributed by atoms with E-state index < -0.39 is 5.97 Å². The molecule has 1 aliphatic heterocycles. The Morgan fingerprint density at radius 2 is 1.85 bits per heavy atom. The summed E-state index contributed by atoms with van der Waals surface area (Å²) in [4.78, 5) is 39.1. The number of nitrogens with zero attached hydrogens (tertiary/aromatic N) is 4. The standard InChI is InChI=1S/C36H46N4O5S/c1-36(2,3)23-40(31-7-6-8-33(38-31)46-5)35(43)28-12-11-27(44-4)20-30(28)39-17-14-24(15-18-39)22-45-32-19-26(13-16-37-32)29(21-34(41)42)25-9-10-25/h6-8,11-13,16,19-20,24-25,29H,9-10,14-15,17-18,21-23H2,1-5H3,(H,41,42). The van der Waals surface area contributed by atoms with Crippen LogP contribution < -0.4 is 19.3 Å². The molecule has 1 aromatic carbocycles. The first-order chi connectivity index (χ1) is 22.0. The number of carbonyl (C=O) groups excluding carboxylic acids is 1. The molecule has 3 aromatic rings. The molecular weight excluding hydrogens is 600 g/mol. The highest BCUT2D eigenvalue weighted by Crippen LogP contribution is 2.45. The molecule has 1 atom stereocenters. The highest BCUT2D eigenvalue weighted by molar-refractivity contribution is 7.98. The van der Waals surface area contributed by atoms with Gasteiger partial charge in [-0.1, -0.05) is 26.8 Å². The molecule has 0 radical (unpaired) electrons. The van der Waals surface area contributed by atoms with E-state index in [1.165, 1.54) is 0 Å². The number of thioether (sulfide) groups is 1. The average molecular weight is 647 g/mol. The van der Waals surface area contributed by atoms with Crippen molar-refractivity contribution in [2.75, 3.05) is 49.4 Å². The fraction of sp³-hybridized carbons (Fsp3) is 0.500. The second kappa shape index (κ2) is 14.8. The fourth-order valence-corrected chi connectivity index (χ4v) is 6.55. The Hall–Kier alpha value is -3.79. The lowest BCUT2D eigenvalue weighted by Gasteiger charge is -2.36. The van der Waals surface area contributed by atoms with E-state index in [-0.39, 0.29) is 23.7 Å². The molecule has 9 nitrogen and oxygen atoms in total. The van der Waals surface area contributed by atoms with Gasteiger partial charge in [0.2, 0.25) is 5.88 Å². The molecule has 2 aliphatic rings. The van der Waals surface area contributed by atoms with Crippen molar-refractivity contribution in [3.63, 3.8) is 0 Å². The Morgan fingerprint density at radius 3 is 2.50 bits per heavy atom. The third-order valence-electron chi connectivity index (χ3n) is 8.70. The van der Waals surface area contributed by atoms with Gasteiger partial charge in [0.1, 0.15) is 11.6 Å². The number of ether oxygens (including phenoxy) is 2. The maximum absolute atomic E-state index is 14.3. The first kappa shape index (κ1) is 33.6. The Bertz CT molecular complexity index is 1510. The summed E-state index contributed by atoms with van der Waals surface area (Å²) < 4.78 is 11.7. The first-order valence-electron chi connectivity index (χ1n) is 16.1. The number of piperidine rings is 1. The zero-order valence-electron chi connectivity index (χ0n) is 27.6. The van der Waals surface area contributed by atoms with Gasteiger partial charge in [-0.25, -0.2) is 9.97 Å². The summed E-state index contributed by atoms with van der Waals surface area (Å²) in [6, 6.07) is 15.3. The zero-order valence-corrected chi connectivity index (χ0v) is 28.4. The molecule has 2 fully saturated rings. The summed E-state index contributed by atoms with van der Waals surface area (Å²) >= 11 is 1.56. The van der Waals surface area contributed by atoms with Gasteiger partial charge in [0.05, 0.1) is 36.4 Å². The maximum atomic E-state index is 14.3. The lowest BCUT2D eigenvalue weighted by Crippen LogP contribution is -2.41. The molecule has 1 saturated carbocycles. The Labute approximate surface area is 276 Å². The number of rotatable bonds is 13. The van der Waals surface area contributed by atoms with Crippen molar-refractivity contribution in [2.45, 2.75) is 63.8 Å². The number of amides is 1. The van der Waals surface area contributed by atoms with E-state index in [1.54, 1.807) is 30.0 Å². The van der Waals surface area contributed by atoms with E-state index >= 15 is 0 Å². The molecule has 1 unspecified atom stereocenters. The molecule has 1 saturated heterocycles. The highest BCUT2D eigenvalue weighted by Gasteiger charge is 2.34. The van der Waals surface area contributed by atoms with E-state index in [0.29, 0.717) is 48.0 Å². The quantitative estimate of drug-likeness (QED) is 0.194. The van der Waals surface area contributed by atoms with Gasteiger partial charge >= 0.3 is 5.97 Å². The number of hydrogen-bond acceptors (Lipinski definition) is 8. The summed E-state index contributed by atoms with van der Waals surface area (Å²) in [5, 5.41) is 10.3. The fourth-order valence-electron chi connectivity index (χ4n) is 6.15. The SMILES string of the molecule is COc1ccc(C(=O)N(CC(C)(C)C)c2cccc(SC)n2)c(N2CCC(COc3cc(C(CC(=O)O)C4CC4)ccn3)CC2)c1. The van der Waals surface area contributed by atoms with Crippen LogP contribution in [0.1, 0.15) is 74.7 Å². The molecule has 2 aromatic heterocycles. The zero-order chi connectivity index (χ0) is 32.8. The predicted molar refractivity (Wildman–Crippen MR) is 183 cm³/mol. The van der Waals surface area contributed by atoms with Crippen molar-refractivity contribution in [2.24, 2.45) is 17.3 Å². The van der Waals surface area contributed by atoms with E-state index in [9.17, 15) is 14.7 Å². The molecular formula is C36H46N4O5S. The lowest BCUT2D eigenvalue weighted by molar-refractivity contribution is -0.137. The first-order valence-corrected chi connectivity index (χ1v) is 17.3. The van der Waals surface area contributed by atoms with Crippen molar-refractivity contribution < 1.29 is 24.2 Å². The third kappa shape index (κ3) is 8.72. The molecule has 3 heterocycles. The van der Waals surface area contributed by atoms with Crippen LogP contribution in [0.5, 0.6) is 11.6 Å². The molecule has 0 spiro atoms. The third-order valence-corrected chi connectivity index (χ3v) is 9.35. The van der Waals surface area contributed by atoms with E-state index in [0.717, 1.165) is 55.0 Å². The average Bonchev–Trinajstić information content (AvgIpc) is 3.90. The molecule has 1 aliphatic carbocycles. The second-order valence-corrected chi connectivity index (χ2v) is 14.4. The van der Waals surface area contributed by atoms with Crippen LogP contribution in [0.4, 0.5) is 11.5 Å². The van der Waals surface area contributed by atoms with Crippen molar-refractivity contribution in [1.29, 1.82) is 0 Å². The Morgan fingerprint density at radius 1 is 1.09 bits per heavy atom. The summed E-state index contributed by atoms with van der Waals surface area (Å²) in [5.74, 6) is 1.83. The molecule has 1 N–H and O–H groups in total. The summed E-state index contributed by atoms with van der Waals surface area (Å²) in [6.07, 6.45) is 7.80. The van der Waals surface area contributed by atoms with Gasteiger partial charge in [0.25, 0.3) is 5.91 Å².